The number of nitrogens with two attached hydrogens (primary N) is 1. The summed E-state index contributed by atoms with van der Waals surface area (Å²) in [6.07, 6.45) is 1.90. The largest absolute Gasteiger partial charge is 0.465 e. The van der Waals surface area contributed by atoms with Gasteiger partial charge in [-0.3, -0.25) is 4.90 Å². The van der Waals surface area contributed by atoms with E-state index in [2.05, 4.69) is 23.1 Å². The Bertz CT molecular complexity index is 1000. The summed E-state index contributed by atoms with van der Waals surface area (Å²) < 4.78 is 4.74. The number of benzene rings is 1. The average Bonchev–Trinajstić information content (AvgIpc) is 2.78. The van der Waals surface area contributed by atoms with Gasteiger partial charge in [-0.15, -0.1) is 0 Å². The first-order chi connectivity index (χ1) is 14.0. The van der Waals surface area contributed by atoms with E-state index in [9.17, 15) is 20.6 Å². The van der Waals surface area contributed by atoms with Crippen molar-refractivity contribution in [3.05, 3.63) is 58.3 Å². The average molecular weight is 387 g/mol. The molecular weight excluding hydrogens is 366 g/mol. The summed E-state index contributed by atoms with van der Waals surface area (Å²) in [4.78, 5) is 13.9. The number of likely N-dealkylation sites (N-methyl/N-ethyl adjacent to an activating group) is 1. The van der Waals surface area contributed by atoms with Crippen molar-refractivity contribution in [1.82, 2.24) is 4.90 Å². The number of fused-ring (bicyclic) bond motifs is 1. The van der Waals surface area contributed by atoms with E-state index in [1.807, 2.05) is 13.0 Å². The molecule has 3 rings (SSSR count). The van der Waals surface area contributed by atoms with Gasteiger partial charge in [0.1, 0.15) is 0 Å². The third-order valence-corrected chi connectivity index (χ3v) is 5.86. The van der Waals surface area contributed by atoms with Crippen LogP contribution >= 0.6 is 0 Å². The standard InChI is InChI=1S/C22H21N5O2/c1-3-27-9-8-18-17(11-27)19(14-4-6-15(7-5-14)21(28)29-2)16(10-23)20(26)22(18,12-24)13-25/h4-8,17,19H,3,9,11,26H2,1-2H3/t17-,19-/m0/s1. The molecule has 0 radical (unpaired) electrons. The van der Waals surface area contributed by atoms with Crippen molar-refractivity contribution >= 4 is 5.97 Å². The number of carbonyl (C=O) groups is 1. The number of rotatable bonds is 3. The molecule has 7 heteroatoms. The monoisotopic (exact) mass is 387 g/mol. The predicted molar refractivity (Wildman–Crippen MR) is 105 cm³/mol. The zero-order chi connectivity index (χ0) is 21.2. The predicted octanol–water partition coefficient (Wildman–Crippen LogP) is 2.22. The van der Waals surface area contributed by atoms with Crippen molar-refractivity contribution in [2.75, 3.05) is 26.7 Å². The van der Waals surface area contributed by atoms with Gasteiger partial charge in [-0.2, -0.15) is 15.8 Å². The number of ether oxygens (including phenoxy) is 1. The molecule has 0 aromatic heterocycles. The molecule has 0 spiro atoms. The maximum absolute atomic E-state index is 11.8. The SMILES string of the molecule is CCN1CC=C2[C@H](C1)[C@@H](c1ccc(C(=O)OC)cc1)C(C#N)=C(N)C2(C#N)C#N. The molecule has 1 aliphatic carbocycles. The lowest BCUT2D eigenvalue weighted by Crippen LogP contribution is -2.47. The Balaban J connectivity index is 2.21. The smallest absolute Gasteiger partial charge is 0.337 e. The minimum Gasteiger partial charge on any atom is -0.465 e. The first-order valence-corrected chi connectivity index (χ1v) is 9.31. The van der Waals surface area contributed by atoms with E-state index in [1.165, 1.54) is 7.11 Å². The molecule has 7 nitrogen and oxygen atoms in total. The quantitative estimate of drug-likeness (QED) is 0.622. The second-order valence-electron chi connectivity index (χ2n) is 7.12. The Morgan fingerprint density at radius 2 is 1.93 bits per heavy atom. The van der Waals surface area contributed by atoms with Crippen LogP contribution in [0.3, 0.4) is 0 Å². The van der Waals surface area contributed by atoms with Crippen molar-refractivity contribution in [3.63, 3.8) is 0 Å². The van der Waals surface area contributed by atoms with E-state index in [-0.39, 0.29) is 17.2 Å². The lowest BCUT2D eigenvalue weighted by Gasteiger charge is -2.45. The molecule has 146 valence electrons. The summed E-state index contributed by atoms with van der Waals surface area (Å²) in [6.45, 7) is 4.08. The van der Waals surface area contributed by atoms with Crippen LogP contribution < -0.4 is 5.73 Å². The Labute approximate surface area is 169 Å². The van der Waals surface area contributed by atoms with Gasteiger partial charge in [0.25, 0.3) is 0 Å². The maximum atomic E-state index is 11.8. The van der Waals surface area contributed by atoms with E-state index in [0.717, 1.165) is 12.1 Å². The van der Waals surface area contributed by atoms with Crippen LogP contribution in [-0.4, -0.2) is 37.6 Å². The Kier molecular flexibility index (Phi) is 5.41. The first-order valence-electron chi connectivity index (χ1n) is 9.31. The molecule has 2 aliphatic rings. The molecule has 1 aliphatic heterocycles. The highest BCUT2D eigenvalue weighted by atomic mass is 16.5. The minimum absolute atomic E-state index is 0.000470. The topological polar surface area (TPSA) is 127 Å². The molecule has 2 atom stereocenters. The van der Waals surface area contributed by atoms with Crippen LogP contribution in [0.25, 0.3) is 0 Å². The number of hydrogen-bond acceptors (Lipinski definition) is 7. The van der Waals surface area contributed by atoms with Gasteiger partial charge in [-0.25, -0.2) is 4.79 Å². The second-order valence-corrected chi connectivity index (χ2v) is 7.12. The number of allylic oxidation sites excluding steroid dienone is 2. The third-order valence-electron chi connectivity index (χ3n) is 5.86. The highest BCUT2D eigenvalue weighted by Gasteiger charge is 2.52. The van der Waals surface area contributed by atoms with Crippen LogP contribution in [0.15, 0.2) is 47.2 Å². The van der Waals surface area contributed by atoms with Crippen molar-refractivity contribution in [2.24, 2.45) is 17.1 Å². The summed E-state index contributed by atoms with van der Waals surface area (Å²) >= 11 is 0. The normalized spacial score (nSPS) is 23.1. The summed E-state index contributed by atoms with van der Waals surface area (Å²) in [7, 11) is 1.32. The van der Waals surface area contributed by atoms with Crippen molar-refractivity contribution in [2.45, 2.75) is 12.8 Å². The van der Waals surface area contributed by atoms with Crippen LogP contribution in [0.1, 0.15) is 28.8 Å². The van der Waals surface area contributed by atoms with Gasteiger partial charge < -0.3 is 10.5 Å². The van der Waals surface area contributed by atoms with Gasteiger partial charge in [0.2, 0.25) is 5.41 Å². The highest BCUT2D eigenvalue weighted by molar-refractivity contribution is 5.89. The molecule has 29 heavy (non-hydrogen) atoms. The van der Waals surface area contributed by atoms with Gasteiger partial charge in [-0.05, 0) is 29.8 Å². The Hall–Kier alpha value is -3.60. The minimum atomic E-state index is -1.63. The molecule has 0 amide bonds. The van der Waals surface area contributed by atoms with Gasteiger partial charge >= 0.3 is 5.97 Å². The third kappa shape index (κ3) is 3.05. The van der Waals surface area contributed by atoms with Crippen molar-refractivity contribution < 1.29 is 9.53 Å². The summed E-state index contributed by atoms with van der Waals surface area (Å²) in [6, 6.07) is 13.1. The Morgan fingerprint density at radius 3 is 2.45 bits per heavy atom. The molecule has 1 aromatic rings. The fourth-order valence-electron chi connectivity index (χ4n) is 4.28. The van der Waals surface area contributed by atoms with Crippen molar-refractivity contribution in [1.29, 1.82) is 15.8 Å². The lowest BCUT2D eigenvalue weighted by molar-refractivity contribution is 0.0600. The van der Waals surface area contributed by atoms with Gasteiger partial charge in [0.15, 0.2) is 0 Å². The molecule has 0 bridgehead atoms. The van der Waals surface area contributed by atoms with Crippen molar-refractivity contribution in [3.8, 4) is 18.2 Å². The molecule has 0 fully saturated rings. The molecule has 0 saturated carbocycles. The molecule has 1 aromatic carbocycles. The second kappa shape index (κ2) is 7.80. The molecule has 0 unspecified atom stereocenters. The zero-order valence-electron chi connectivity index (χ0n) is 16.3. The number of esters is 1. The number of methoxy groups -OCH3 is 1. The van der Waals surface area contributed by atoms with Gasteiger partial charge in [0, 0.05) is 24.9 Å². The van der Waals surface area contributed by atoms with E-state index in [4.69, 9.17) is 10.5 Å². The summed E-state index contributed by atoms with van der Waals surface area (Å²) in [5.41, 5.74) is 6.75. The zero-order valence-corrected chi connectivity index (χ0v) is 16.3. The lowest BCUT2D eigenvalue weighted by atomic mass is 9.60. The number of carbonyl (C=O) groups excluding carboxylic acids is 1. The number of hydrogen-bond donors (Lipinski definition) is 1. The van der Waals surface area contributed by atoms with Crippen LogP contribution in [0.5, 0.6) is 0 Å². The van der Waals surface area contributed by atoms with Gasteiger partial charge in [0.05, 0.1) is 42.2 Å². The molecule has 2 N–H and O–H groups in total. The van der Waals surface area contributed by atoms with Crippen LogP contribution in [-0.2, 0) is 4.74 Å². The van der Waals surface area contributed by atoms with E-state index in [1.54, 1.807) is 24.3 Å². The first kappa shape index (κ1) is 20.1. The number of nitriles is 3. The van der Waals surface area contributed by atoms with E-state index >= 15 is 0 Å². The number of nitrogens with zero attached hydrogens (tertiary/aromatic N) is 4. The highest BCUT2D eigenvalue weighted by Crippen LogP contribution is 2.52. The van der Waals surface area contributed by atoms with Crippen LogP contribution in [0.4, 0.5) is 0 Å². The maximum Gasteiger partial charge on any atom is 0.337 e. The van der Waals surface area contributed by atoms with Crippen LogP contribution in [0, 0.1) is 45.3 Å². The van der Waals surface area contributed by atoms with E-state index < -0.39 is 17.3 Å². The van der Waals surface area contributed by atoms with Crippen LogP contribution in [0.2, 0.25) is 0 Å². The molecule has 0 saturated heterocycles. The summed E-state index contributed by atoms with van der Waals surface area (Å²) in [5, 5.41) is 29.6. The fraction of sp³-hybridized carbons (Fsp3) is 0.364. The van der Waals surface area contributed by atoms with Gasteiger partial charge in [-0.1, -0.05) is 25.1 Å². The summed E-state index contributed by atoms with van der Waals surface area (Å²) in [5.74, 6) is -1.09. The molecule has 1 heterocycles. The Morgan fingerprint density at radius 1 is 1.28 bits per heavy atom. The van der Waals surface area contributed by atoms with E-state index in [0.29, 0.717) is 24.2 Å². The molecular formula is C22H21N5O2. The fourth-order valence-corrected chi connectivity index (χ4v) is 4.28.